The highest BCUT2D eigenvalue weighted by atomic mass is 79.9. The summed E-state index contributed by atoms with van der Waals surface area (Å²) in [5.74, 6) is -0.807. The number of benzene rings is 2. The van der Waals surface area contributed by atoms with Crippen LogP contribution in [0.2, 0.25) is 0 Å². The van der Waals surface area contributed by atoms with E-state index < -0.39 is 20.7 Å². The normalized spacial score (nSPS) is 11.4. The van der Waals surface area contributed by atoms with Crippen LogP contribution in [0.1, 0.15) is 5.56 Å². The molecule has 0 fully saturated rings. The minimum atomic E-state index is -3.96. The Balaban J connectivity index is 2.38. The lowest BCUT2D eigenvalue weighted by Gasteiger charge is -2.10. The Kier molecular flexibility index (Phi) is 4.51. The van der Waals surface area contributed by atoms with Crippen molar-refractivity contribution in [1.82, 2.24) is 0 Å². The molecule has 0 spiro atoms. The molecular weight excluding hydrogens is 413 g/mol. The van der Waals surface area contributed by atoms with Crippen LogP contribution in [-0.2, 0) is 10.0 Å². The lowest BCUT2D eigenvalue weighted by Crippen LogP contribution is -2.14. The van der Waals surface area contributed by atoms with Crippen LogP contribution < -0.4 is 4.72 Å². The summed E-state index contributed by atoms with van der Waals surface area (Å²) in [6.07, 6.45) is 0. The lowest BCUT2D eigenvalue weighted by molar-refractivity contribution is 0.570. The van der Waals surface area contributed by atoms with Gasteiger partial charge < -0.3 is 0 Å². The SMILES string of the molecule is Cc1ccc(NS(=O)(=O)c2ccc(Br)cc2F)cc1Br. The molecule has 20 heavy (non-hydrogen) atoms. The number of anilines is 1. The molecule has 7 heteroatoms. The summed E-state index contributed by atoms with van der Waals surface area (Å²) in [4.78, 5) is -0.391. The van der Waals surface area contributed by atoms with Crippen molar-refractivity contribution < 1.29 is 12.8 Å². The molecule has 0 aromatic heterocycles. The van der Waals surface area contributed by atoms with E-state index in [0.29, 0.717) is 10.2 Å². The highest BCUT2D eigenvalue weighted by molar-refractivity contribution is 9.10. The predicted molar refractivity (Wildman–Crippen MR) is 83.8 cm³/mol. The minimum Gasteiger partial charge on any atom is -0.280 e. The smallest absolute Gasteiger partial charge is 0.264 e. The van der Waals surface area contributed by atoms with Crippen LogP contribution in [0.25, 0.3) is 0 Å². The monoisotopic (exact) mass is 421 g/mol. The summed E-state index contributed by atoms with van der Waals surface area (Å²) in [6.45, 7) is 1.89. The highest BCUT2D eigenvalue weighted by Gasteiger charge is 2.19. The van der Waals surface area contributed by atoms with Gasteiger partial charge in [-0.25, -0.2) is 12.8 Å². The van der Waals surface area contributed by atoms with Gasteiger partial charge in [0.25, 0.3) is 10.0 Å². The Morgan fingerprint density at radius 3 is 2.40 bits per heavy atom. The second-order valence-electron chi connectivity index (χ2n) is 4.14. The molecule has 1 N–H and O–H groups in total. The van der Waals surface area contributed by atoms with Gasteiger partial charge in [0.15, 0.2) is 0 Å². The van der Waals surface area contributed by atoms with Crippen LogP contribution >= 0.6 is 31.9 Å². The third-order valence-electron chi connectivity index (χ3n) is 2.61. The van der Waals surface area contributed by atoms with Crippen LogP contribution in [-0.4, -0.2) is 8.42 Å². The van der Waals surface area contributed by atoms with Crippen molar-refractivity contribution in [3.63, 3.8) is 0 Å². The fraction of sp³-hybridized carbons (Fsp3) is 0.0769. The van der Waals surface area contributed by atoms with Crippen LogP contribution in [0.4, 0.5) is 10.1 Å². The number of hydrogen-bond acceptors (Lipinski definition) is 2. The largest absolute Gasteiger partial charge is 0.280 e. The van der Waals surface area contributed by atoms with Crippen molar-refractivity contribution in [3.05, 3.63) is 56.7 Å². The summed E-state index contributed by atoms with van der Waals surface area (Å²) in [5.41, 5.74) is 1.34. The van der Waals surface area contributed by atoms with Gasteiger partial charge >= 0.3 is 0 Å². The summed E-state index contributed by atoms with van der Waals surface area (Å²) in [5, 5.41) is 0. The number of rotatable bonds is 3. The molecule has 0 atom stereocenters. The van der Waals surface area contributed by atoms with E-state index in [1.807, 2.05) is 6.92 Å². The van der Waals surface area contributed by atoms with E-state index in [2.05, 4.69) is 36.6 Å². The second kappa shape index (κ2) is 5.83. The minimum absolute atomic E-state index is 0.366. The van der Waals surface area contributed by atoms with Crippen LogP contribution in [0, 0.1) is 12.7 Å². The average molecular weight is 423 g/mol. The maximum Gasteiger partial charge on any atom is 0.264 e. The molecule has 0 aliphatic heterocycles. The Labute approximate surface area is 133 Å². The van der Waals surface area contributed by atoms with Gasteiger partial charge in [0.05, 0.1) is 0 Å². The summed E-state index contributed by atoms with van der Waals surface area (Å²) < 4.78 is 41.6. The van der Waals surface area contributed by atoms with Crippen molar-refractivity contribution in [2.24, 2.45) is 0 Å². The molecule has 0 aliphatic rings. The Morgan fingerprint density at radius 1 is 1.10 bits per heavy atom. The first-order valence-electron chi connectivity index (χ1n) is 5.53. The van der Waals surface area contributed by atoms with E-state index in [1.165, 1.54) is 12.1 Å². The van der Waals surface area contributed by atoms with Crippen molar-refractivity contribution in [3.8, 4) is 0 Å². The zero-order chi connectivity index (χ0) is 14.9. The molecule has 0 bridgehead atoms. The molecule has 3 nitrogen and oxygen atoms in total. The standard InChI is InChI=1S/C13H10Br2FNO2S/c1-8-2-4-10(7-11(8)15)17-20(18,19)13-5-3-9(14)6-12(13)16/h2-7,17H,1H3. The topological polar surface area (TPSA) is 46.2 Å². The average Bonchev–Trinajstić information content (AvgIpc) is 2.33. The molecule has 106 valence electrons. The van der Waals surface area contributed by atoms with Gasteiger partial charge in [0.1, 0.15) is 10.7 Å². The van der Waals surface area contributed by atoms with Crippen molar-refractivity contribution >= 4 is 47.6 Å². The molecule has 2 aromatic carbocycles. The molecule has 2 aromatic rings. The van der Waals surface area contributed by atoms with Crippen LogP contribution in [0.3, 0.4) is 0 Å². The summed E-state index contributed by atoms with van der Waals surface area (Å²) in [7, 11) is -3.96. The molecule has 0 heterocycles. The van der Waals surface area contributed by atoms with Gasteiger partial charge in [0, 0.05) is 14.6 Å². The summed E-state index contributed by atoms with van der Waals surface area (Å²) in [6, 6.07) is 8.81. The third kappa shape index (κ3) is 3.39. The van der Waals surface area contributed by atoms with E-state index >= 15 is 0 Å². The van der Waals surface area contributed by atoms with E-state index in [4.69, 9.17) is 0 Å². The third-order valence-corrected chi connectivity index (χ3v) is 5.37. The zero-order valence-electron chi connectivity index (χ0n) is 10.3. The van der Waals surface area contributed by atoms with Gasteiger partial charge in [-0.3, -0.25) is 4.72 Å². The first kappa shape index (κ1) is 15.5. The zero-order valence-corrected chi connectivity index (χ0v) is 14.3. The molecule has 0 amide bonds. The maximum absolute atomic E-state index is 13.7. The van der Waals surface area contributed by atoms with E-state index in [-0.39, 0.29) is 0 Å². The number of nitrogens with one attached hydrogen (secondary N) is 1. The highest BCUT2D eigenvalue weighted by Crippen LogP contribution is 2.25. The number of aryl methyl sites for hydroxylation is 1. The van der Waals surface area contributed by atoms with Gasteiger partial charge in [-0.05, 0) is 42.8 Å². The van der Waals surface area contributed by atoms with Crippen LogP contribution in [0.15, 0.2) is 50.2 Å². The quantitative estimate of drug-likeness (QED) is 0.793. The number of hydrogen-bond donors (Lipinski definition) is 1. The first-order chi connectivity index (χ1) is 9.29. The molecular formula is C13H10Br2FNO2S. The van der Waals surface area contributed by atoms with Gasteiger partial charge in [-0.1, -0.05) is 37.9 Å². The molecule has 0 saturated carbocycles. The molecule has 0 saturated heterocycles. The van der Waals surface area contributed by atoms with E-state index in [1.54, 1.807) is 18.2 Å². The fourth-order valence-electron chi connectivity index (χ4n) is 1.56. The molecule has 2 rings (SSSR count). The number of halogens is 3. The Bertz CT molecular complexity index is 763. The predicted octanol–water partition coefficient (Wildman–Crippen LogP) is 4.46. The number of sulfonamides is 1. The van der Waals surface area contributed by atoms with Crippen molar-refractivity contribution in [2.75, 3.05) is 4.72 Å². The Morgan fingerprint density at radius 2 is 1.80 bits per heavy atom. The van der Waals surface area contributed by atoms with Crippen molar-refractivity contribution in [2.45, 2.75) is 11.8 Å². The summed E-state index contributed by atoms with van der Waals surface area (Å²) >= 11 is 6.40. The van der Waals surface area contributed by atoms with Gasteiger partial charge in [0.2, 0.25) is 0 Å². The van der Waals surface area contributed by atoms with E-state index in [0.717, 1.165) is 16.1 Å². The second-order valence-corrected chi connectivity index (χ2v) is 7.57. The van der Waals surface area contributed by atoms with Crippen molar-refractivity contribution in [1.29, 1.82) is 0 Å². The molecule has 0 unspecified atom stereocenters. The fourth-order valence-corrected chi connectivity index (χ4v) is 3.38. The Hall–Kier alpha value is -0.920. The molecule has 0 aliphatic carbocycles. The molecule has 0 radical (unpaired) electrons. The van der Waals surface area contributed by atoms with Crippen LogP contribution in [0.5, 0.6) is 0 Å². The van der Waals surface area contributed by atoms with Gasteiger partial charge in [-0.15, -0.1) is 0 Å². The lowest BCUT2D eigenvalue weighted by atomic mass is 10.2. The van der Waals surface area contributed by atoms with E-state index in [9.17, 15) is 12.8 Å². The first-order valence-corrected chi connectivity index (χ1v) is 8.60. The van der Waals surface area contributed by atoms with Gasteiger partial charge in [-0.2, -0.15) is 0 Å². The maximum atomic E-state index is 13.7.